The number of hydrogen-bond donors (Lipinski definition) is 1. The Balaban J connectivity index is 2.41. The number of imidazole rings is 1. The summed E-state index contributed by atoms with van der Waals surface area (Å²) in [4.78, 5) is 6.17. The summed E-state index contributed by atoms with van der Waals surface area (Å²) < 4.78 is 80.3. The Kier molecular flexibility index (Phi) is 3.71. The SMILES string of the molecule is FC(F)(F)Oc1cc(OC(F)(F)F)cc(-c2cnc[nH]2)c1. The van der Waals surface area contributed by atoms with Crippen molar-refractivity contribution >= 4 is 0 Å². The molecule has 1 N–H and O–H groups in total. The largest absolute Gasteiger partial charge is 0.573 e. The van der Waals surface area contributed by atoms with Gasteiger partial charge in [-0.25, -0.2) is 4.98 Å². The third-order valence-corrected chi connectivity index (χ3v) is 2.16. The Bertz CT molecular complexity index is 572. The fourth-order valence-corrected chi connectivity index (χ4v) is 1.53. The van der Waals surface area contributed by atoms with Crippen molar-refractivity contribution in [2.24, 2.45) is 0 Å². The minimum absolute atomic E-state index is 0.00602. The van der Waals surface area contributed by atoms with Gasteiger partial charge < -0.3 is 14.5 Å². The fraction of sp³-hybridized carbons (Fsp3) is 0.182. The first kappa shape index (κ1) is 15.0. The predicted molar refractivity (Wildman–Crippen MR) is 57.4 cm³/mol. The van der Waals surface area contributed by atoms with Crippen LogP contribution in [0.5, 0.6) is 11.5 Å². The molecule has 2 aromatic rings. The van der Waals surface area contributed by atoms with Crippen LogP contribution in [0.3, 0.4) is 0 Å². The highest BCUT2D eigenvalue weighted by atomic mass is 19.4. The minimum Gasteiger partial charge on any atom is -0.406 e. The number of nitrogens with one attached hydrogen (secondary N) is 1. The van der Waals surface area contributed by atoms with Crippen LogP contribution >= 0.6 is 0 Å². The maximum atomic E-state index is 12.2. The number of hydrogen-bond acceptors (Lipinski definition) is 3. The number of aromatic amines is 1. The van der Waals surface area contributed by atoms with Crippen LogP contribution in [-0.4, -0.2) is 22.7 Å². The van der Waals surface area contributed by atoms with E-state index < -0.39 is 24.2 Å². The molecule has 114 valence electrons. The van der Waals surface area contributed by atoms with Crippen molar-refractivity contribution in [2.45, 2.75) is 12.7 Å². The number of aromatic nitrogens is 2. The Labute approximate surface area is 113 Å². The average molecular weight is 312 g/mol. The summed E-state index contributed by atoms with van der Waals surface area (Å²) in [6, 6.07) is 2.30. The third kappa shape index (κ3) is 4.58. The van der Waals surface area contributed by atoms with E-state index in [4.69, 9.17) is 0 Å². The van der Waals surface area contributed by atoms with E-state index in [0.717, 1.165) is 12.1 Å². The molecule has 0 aliphatic carbocycles. The second-order valence-corrected chi connectivity index (χ2v) is 3.75. The van der Waals surface area contributed by atoms with E-state index in [1.54, 1.807) is 0 Å². The number of benzene rings is 1. The van der Waals surface area contributed by atoms with Gasteiger partial charge in [0.15, 0.2) is 0 Å². The van der Waals surface area contributed by atoms with Gasteiger partial charge in [-0.1, -0.05) is 0 Å². The zero-order valence-corrected chi connectivity index (χ0v) is 9.92. The Morgan fingerprint density at radius 3 is 1.76 bits per heavy atom. The van der Waals surface area contributed by atoms with E-state index in [0.29, 0.717) is 6.07 Å². The number of ether oxygens (including phenoxy) is 2. The summed E-state index contributed by atoms with van der Waals surface area (Å²) in [5, 5.41) is 0. The number of alkyl halides is 6. The maximum absolute atomic E-state index is 12.2. The van der Waals surface area contributed by atoms with E-state index in [2.05, 4.69) is 19.4 Å². The smallest absolute Gasteiger partial charge is 0.406 e. The van der Waals surface area contributed by atoms with Crippen molar-refractivity contribution in [2.75, 3.05) is 0 Å². The van der Waals surface area contributed by atoms with Crippen molar-refractivity contribution in [1.29, 1.82) is 0 Å². The summed E-state index contributed by atoms with van der Waals surface area (Å²) in [6.45, 7) is 0. The van der Waals surface area contributed by atoms with Crippen LogP contribution in [0.2, 0.25) is 0 Å². The molecule has 0 saturated heterocycles. The molecule has 10 heteroatoms. The second kappa shape index (κ2) is 5.19. The van der Waals surface area contributed by atoms with E-state index in [9.17, 15) is 26.3 Å². The minimum atomic E-state index is -5.04. The molecule has 1 aromatic carbocycles. The fourth-order valence-electron chi connectivity index (χ4n) is 1.53. The van der Waals surface area contributed by atoms with E-state index in [-0.39, 0.29) is 11.3 Å². The molecule has 0 spiro atoms. The van der Waals surface area contributed by atoms with Crippen molar-refractivity contribution in [3.05, 3.63) is 30.7 Å². The van der Waals surface area contributed by atoms with Crippen LogP contribution in [0.1, 0.15) is 0 Å². The predicted octanol–water partition coefficient (Wildman–Crippen LogP) is 3.87. The number of nitrogens with zero attached hydrogens (tertiary/aromatic N) is 1. The summed E-state index contributed by atoms with van der Waals surface area (Å²) in [6.07, 6.45) is -7.63. The molecule has 0 aliphatic rings. The summed E-state index contributed by atoms with van der Waals surface area (Å²) in [5.74, 6) is -1.68. The standard InChI is InChI=1S/C11H6F6N2O2/c12-10(13,14)20-7-1-6(9-4-18-5-19-9)2-8(3-7)21-11(15,16)17/h1-5H,(H,18,19). The zero-order chi connectivity index (χ0) is 15.7. The van der Waals surface area contributed by atoms with E-state index in [1.165, 1.54) is 12.5 Å². The molecule has 0 amide bonds. The van der Waals surface area contributed by atoms with Crippen molar-refractivity contribution in [3.8, 4) is 22.8 Å². The van der Waals surface area contributed by atoms with Gasteiger partial charge in [-0.3, -0.25) is 0 Å². The van der Waals surface area contributed by atoms with Gasteiger partial charge in [0, 0.05) is 11.6 Å². The van der Waals surface area contributed by atoms with Gasteiger partial charge in [0.05, 0.1) is 18.2 Å². The number of rotatable bonds is 3. The number of H-pyrrole nitrogens is 1. The monoisotopic (exact) mass is 312 g/mol. The molecule has 0 atom stereocenters. The topological polar surface area (TPSA) is 47.1 Å². The van der Waals surface area contributed by atoms with Gasteiger partial charge in [-0.05, 0) is 12.1 Å². The Hall–Kier alpha value is -2.39. The van der Waals surface area contributed by atoms with Gasteiger partial charge in [0.2, 0.25) is 0 Å². The van der Waals surface area contributed by atoms with Gasteiger partial charge >= 0.3 is 12.7 Å². The Morgan fingerprint density at radius 1 is 0.857 bits per heavy atom. The van der Waals surface area contributed by atoms with Crippen molar-refractivity contribution < 1.29 is 35.8 Å². The molecule has 0 unspecified atom stereocenters. The quantitative estimate of drug-likeness (QED) is 0.875. The van der Waals surface area contributed by atoms with Gasteiger partial charge in [0.1, 0.15) is 11.5 Å². The molecular formula is C11H6F6N2O2. The lowest BCUT2D eigenvalue weighted by atomic mass is 10.1. The highest BCUT2D eigenvalue weighted by molar-refractivity contribution is 5.63. The normalized spacial score (nSPS) is 12.3. The van der Waals surface area contributed by atoms with Gasteiger partial charge in [-0.2, -0.15) is 0 Å². The Morgan fingerprint density at radius 2 is 1.38 bits per heavy atom. The maximum Gasteiger partial charge on any atom is 0.573 e. The van der Waals surface area contributed by atoms with Crippen LogP contribution in [0.15, 0.2) is 30.7 Å². The lowest BCUT2D eigenvalue weighted by molar-refractivity contribution is -0.276. The lowest BCUT2D eigenvalue weighted by Crippen LogP contribution is -2.19. The molecule has 0 saturated carbocycles. The molecule has 0 radical (unpaired) electrons. The molecule has 0 aliphatic heterocycles. The van der Waals surface area contributed by atoms with Crippen LogP contribution in [0, 0.1) is 0 Å². The summed E-state index contributed by atoms with van der Waals surface area (Å²) in [7, 11) is 0. The number of halogens is 6. The summed E-state index contributed by atoms with van der Waals surface area (Å²) in [5.41, 5.74) is 0.197. The van der Waals surface area contributed by atoms with Crippen LogP contribution in [0.4, 0.5) is 26.3 Å². The van der Waals surface area contributed by atoms with Gasteiger partial charge in [0.25, 0.3) is 0 Å². The molecule has 0 bridgehead atoms. The van der Waals surface area contributed by atoms with E-state index >= 15 is 0 Å². The lowest BCUT2D eigenvalue weighted by Gasteiger charge is -2.14. The first-order valence-corrected chi connectivity index (χ1v) is 5.28. The van der Waals surface area contributed by atoms with Crippen LogP contribution in [-0.2, 0) is 0 Å². The molecule has 2 rings (SSSR count). The molecule has 1 heterocycles. The molecular weight excluding hydrogens is 306 g/mol. The highest BCUT2D eigenvalue weighted by Crippen LogP contribution is 2.34. The van der Waals surface area contributed by atoms with Crippen LogP contribution < -0.4 is 9.47 Å². The zero-order valence-electron chi connectivity index (χ0n) is 9.92. The molecule has 1 aromatic heterocycles. The molecule has 4 nitrogen and oxygen atoms in total. The highest BCUT2D eigenvalue weighted by Gasteiger charge is 2.34. The van der Waals surface area contributed by atoms with Crippen LogP contribution in [0.25, 0.3) is 11.3 Å². The average Bonchev–Trinajstić information content (AvgIpc) is 2.76. The first-order valence-electron chi connectivity index (χ1n) is 5.28. The second-order valence-electron chi connectivity index (χ2n) is 3.75. The van der Waals surface area contributed by atoms with Gasteiger partial charge in [-0.15, -0.1) is 26.3 Å². The first-order chi connectivity index (χ1) is 9.62. The molecule has 0 fully saturated rings. The van der Waals surface area contributed by atoms with Crippen molar-refractivity contribution in [3.63, 3.8) is 0 Å². The summed E-state index contributed by atoms with van der Waals surface area (Å²) >= 11 is 0. The third-order valence-electron chi connectivity index (χ3n) is 2.16. The van der Waals surface area contributed by atoms with Crippen molar-refractivity contribution in [1.82, 2.24) is 9.97 Å². The molecule has 21 heavy (non-hydrogen) atoms. The van der Waals surface area contributed by atoms with E-state index in [1.807, 2.05) is 0 Å².